The first-order chi connectivity index (χ1) is 14.3. The van der Waals surface area contributed by atoms with E-state index in [1.54, 1.807) is 24.3 Å². The first-order valence-corrected chi connectivity index (χ1v) is 10.2. The molecule has 3 rings (SSSR count). The van der Waals surface area contributed by atoms with Crippen molar-refractivity contribution < 1.29 is 18.7 Å². The molecule has 1 saturated heterocycles. The van der Waals surface area contributed by atoms with Crippen molar-refractivity contribution in [3.05, 3.63) is 59.4 Å². The molecular weight excluding hydrogens is 385 g/mol. The number of halogens is 1. The molecule has 2 aromatic carbocycles. The van der Waals surface area contributed by atoms with Gasteiger partial charge in [0.25, 0.3) is 5.91 Å². The van der Waals surface area contributed by atoms with Crippen molar-refractivity contribution in [1.82, 2.24) is 5.32 Å². The van der Waals surface area contributed by atoms with Crippen LogP contribution in [-0.2, 0) is 9.53 Å². The number of rotatable bonds is 6. The van der Waals surface area contributed by atoms with Crippen LogP contribution in [0.4, 0.5) is 15.8 Å². The minimum Gasteiger partial charge on any atom is -0.378 e. The lowest BCUT2D eigenvalue weighted by molar-refractivity contribution is -0.118. The standard InChI is InChI=1S/C23H28FN3O3/c1-15(2)21(26-22(28)17-6-4-16(3)5-7-17)23(29)25-18-8-9-20(19(24)14-18)27-10-12-30-13-11-27/h4-9,14-15,21H,10-13H2,1-3H3,(H,25,29)(H,26,28). The Bertz CT molecular complexity index is 893. The molecule has 1 atom stereocenters. The van der Waals surface area contributed by atoms with Crippen LogP contribution in [0, 0.1) is 18.7 Å². The van der Waals surface area contributed by atoms with Crippen LogP contribution in [-0.4, -0.2) is 44.2 Å². The molecular formula is C23H28FN3O3. The topological polar surface area (TPSA) is 70.7 Å². The molecule has 6 nitrogen and oxygen atoms in total. The lowest BCUT2D eigenvalue weighted by atomic mass is 10.0. The van der Waals surface area contributed by atoms with E-state index in [1.807, 2.05) is 37.8 Å². The lowest BCUT2D eigenvalue weighted by Crippen LogP contribution is -2.47. The number of benzene rings is 2. The Labute approximate surface area is 176 Å². The Morgan fingerprint density at radius 2 is 1.73 bits per heavy atom. The third-order valence-corrected chi connectivity index (χ3v) is 5.12. The Balaban J connectivity index is 1.68. The predicted octanol–water partition coefficient (Wildman–Crippen LogP) is 3.36. The zero-order valence-corrected chi connectivity index (χ0v) is 17.6. The predicted molar refractivity (Wildman–Crippen MR) is 115 cm³/mol. The first-order valence-electron chi connectivity index (χ1n) is 10.2. The van der Waals surface area contributed by atoms with Gasteiger partial charge >= 0.3 is 0 Å². The SMILES string of the molecule is Cc1ccc(C(=O)NC(C(=O)Nc2ccc(N3CCOCC3)c(F)c2)C(C)C)cc1. The van der Waals surface area contributed by atoms with E-state index >= 15 is 0 Å². The average molecular weight is 413 g/mol. The van der Waals surface area contributed by atoms with Gasteiger partial charge in [-0.25, -0.2) is 4.39 Å². The fourth-order valence-corrected chi connectivity index (χ4v) is 3.33. The normalized spacial score (nSPS) is 15.0. The summed E-state index contributed by atoms with van der Waals surface area (Å²) >= 11 is 0. The Morgan fingerprint density at radius 3 is 2.33 bits per heavy atom. The lowest BCUT2D eigenvalue weighted by Gasteiger charge is -2.29. The van der Waals surface area contributed by atoms with Crippen molar-refractivity contribution in [3.63, 3.8) is 0 Å². The van der Waals surface area contributed by atoms with E-state index in [4.69, 9.17) is 4.74 Å². The van der Waals surface area contributed by atoms with Crippen LogP contribution in [0.1, 0.15) is 29.8 Å². The van der Waals surface area contributed by atoms with Crippen LogP contribution in [0.5, 0.6) is 0 Å². The minimum absolute atomic E-state index is 0.142. The van der Waals surface area contributed by atoms with E-state index in [9.17, 15) is 14.0 Å². The van der Waals surface area contributed by atoms with Crippen molar-refractivity contribution in [2.45, 2.75) is 26.8 Å². The van der Waals surface area contributed by atoms with Gasteiger partial charge in [-0.05, 0) is 43.2 Å². The number of anilines is 2. The van der Waals surface area contributed by atoms with Crippen LogP contribution < -0.4 is 15.5 Å². The van der Waals surface area contributed by atoms with Crippen molar-refractivity contribution >= 4 is 23.2 Å². The molecule has 1 unspecified atom stereocenters. The van der Waals surface area contributed by atoms with Crippen LogP contribution in [0.25, 0.3) is 0 Å². The number of morpholine rings is 1. The highest BCUT2D eigenvalue weighted by Crippen LogP contribution is 2.24. The number of aryl methyl sites for hydroxylation is 1. The third-order valence-electron chi connectivity index (χ3n) is 5.12. The van der Waals surface area contributed by atoms with Gasteiger partial charge in [-0.2, -0.15) is 0 Å². The molecule has 1 heterocycles. The minimum atomic E-state index is -0.749. The molecule has 7 heteroatoms. The molecule has 2 aromatic rings. The van der Waals surface area contributed by atoms with Gasteiger partial charge < -0.3 is 20.3 Å². The van der Waals surface area contributed by atoms with Crippen molar-refractivity contribution in [2.24, 2.45) is 5.92 Å². The fourth-order valence-electron chi connectivity index (χ4n) is 3.33. The number of hydrogen-bond acceptors (Lipinski definition) is 4. The Hall–Kier alpha value is -2.93. The molecule has 0 aliphatic carbocycles. The molecule has 0 spiro atoms. The van der Waals surface area contributed by atoms with E-state index in [-0.39, 0.29) is 17.7 Å². The van der Waals surface area contributed by atoms with E-state index in [1.165, 1.54) is 6.07 Å². The Morgan fingerprint density at radius 1 is 1.07 bits per heavy atom. The summed E-state index contributed by atoms with van der Waals surface area (Å²) < 4.78 is 19.9. The molecule has 2 amide bonds. The molecule has 0 bridgehead atoms. The van der Waals surface area contributed by atoms with Crippen molar-refractivity contribution in [2.75, 3.05) is 36.5 Å². The summed E-state index contributed by atoms with van der Waals surface area (Å²) in [6.07, 6.45) is 0. The second kappa shape index (κ2) is 9.71. The van der Waals surface area contributed by atoms with Gasteiger partial charge in [-0.3, -0.25) is 9.59 Å². The summed E-state index contributed by atoms with van der Waals surface area (Å²) in [5.74, 6) is -1.25. The second-order valence-electron chi connectivity index (χ2n) is 7.82. The number of ether oxygens (including phenoxy) is 1. The van der Waals surface area contributed by atoms with Crippen LogP contribution in [0.15, 0.2) is 42.5 Å². The molecule has 30 heavy (non-hydrogen) atoms. The van der Waals surface area contributed by atoms with Gasteiger partial charge in [0.1, 0.15) is 11.9 Å². The first kappa shape index (κ1) is 21.8. The largest absolute Gasteiger partial charge is 0.378 e. The third kappa shape index (κ3) is 5.36. The van der Waals surface area contributed by atoms with Gasteiger partial charge in [0, 0.05) is 24.3 Å². The summed E-state index contributed by atoms with van der Waals surface area (Å²) in [4.78, 5) is 27.3. The maximum Gasteiger partial charge on any atom is 0.251 e. The molecule has 1 aliphatic heterocycles. The van der Waals surface area contributed by atoms with E-state index < -0.39 is 11.9 Å². The maximum absolute atomic E-state index is 14.6. The number of nitrogens with zero attached hydrogens (tertiary/aromatic N) is 1. The van der Waals surface area contributed by atoms with E-state index in [0.717, 1.165) is 5.56 Å². The van der Waals surface area contributed by atoms with Gasteiger partial charge in [0.2, 0.25) is 5.91 Å². The molecule has 0 radical (unpaired) electrons. The van der Waals surface area contributed by atoms with E-state index in [2.05, 4.69) is 10.6 Å². The summed E-state index contributed by atoms with van der Waals surface area (Å²) in [5.41, 5.74) is 2.38. The molecule has 0 aromatic heterocycles. The highest BCUT2D eigenvalue weighted by Gasteiger charge is 2.25. The van der Waals surface area contributed by atoms with Crippen molar-refractivity contribution in [1.29, 1.82) is 0 Å². The molecule has 0 saturated carbocycles. The fraction of sp³-hybridized carbons (Fsp3) is 0.391. The smallest absolute Gasteiger partial charge is 0.251 e. The molecule has 160 valence electrons. The molecule has 1 fully saturated rings. The summed E-state index contributed by atoms with van der Waals surface area (Å²) in [6, 6.07) is 11.0. The highest BCUT2D eigenvalue weighted by molar-refractivity contribution is 6.01. The number of carbonyl (C=O) groups excluding carboxylic acids is 2. The van der Waals surface area contributed by atoms with E-state index in [0.29, 0.717) is 43.2 Å². The quantitative estimate of drug-likeness (QED) is 0.762. The van der Waals surface area contributed by atoms with Gasteiger partial charge in [-0.15, -0.1) is 0 Å². The number of amides is 2. The highest BCUT2D eigenvalue weighted by atomic mass is 19.1. The average Bonchev–Trinajstić information content (AvgIpc) is 2.72. The second-order valence-corrected chi connectivity index (χ2v) is 7.82. The number of nitrogens with one attached hydrogen (secondary N) is 2. The van der Waals surface area contributed by atoms with Gasteiger partial charge in [-0.1, -0.05) is 31.5 Å². The molecule has 2 N–H and O–H groups in total. The molecule has 1 aliphatic rings. The summed E-state index contributed by atoms with van der Waals surface area (Å²) in [7, 11) is 0. The zero-order chi connectivity index (χ0) is 21.7. The summed E-state index contributed by atoms with van der Waals surface area (Å²) in [5, 5.41) is 5.51. The zero-order valence-electron chi connectivity index (χ0n) is 17.6. The van der Waals surface area contributed by atoms with Gasteiger partial charge in [0.05, 0.1) is 18.9 Å². The monoisotopic (exact) mass is 413 g/mol. The number of hydrogen-bond donors (Lipinski definition) is 2. The summed E-state index contributed by atoms with van der Waals surface area (Å²) in [6.45, 7) is 8.02. The van der Waals surface area contributed by atoms with Crippen LogP contribution in [0.2, 0.25) is 0 Å². The van der Waals surface area contributed by atoms with Crippen LogP contribution in [0.3, 0.4) is 0 Å². The Kier molecular flexibility index (Phi) is 7.05. The maximum atomic E-state index is 14.6. The van der Waals surface area contributed by atoms with Gasteiger partial charge in [0.15, 0.2) is 0 Å². The van der Waals surface area contributed by atoms with Crippen molar-refractivity contribution in [3.8, 4) is 0 Å². The van der Waals surface area contributed by atoms with Crippen LogP contribution >= 0.6 is 0 Å². The number of carbonyl (C=O) groups is 2.